The number of aryl methyl sites for hydroxylation is 1. The smallest absolute Gasteiger partial charge is 0.221 e. The lowest BCUT2D eigenvalue weighted by Gasteiger charge is -2.19. The molecular formula is C17H27NO3S. The topological polar surface area (TPSA) is 63.2 Å². The van der Waals surface area contributed by atoms with E-state index in [0.29, 0.717) is 6.54 Å². The number of benzene rings is 1. The Balaban J connectivity index is 2.29. The molecule has 124 valence electrons. The van der Waals surface area contributed by atoms with Gasteiger partial charge in [-0.1, -0.05) is 45.0 Å². The highest BCUT2D eigenvalue weighted by atomic mass is 32.2. The molecule has 0 saturated heterocycles. The lowest BCUT2D eigenvalue weighted by Crippen LogP contribution is -2.26. The predicted octanol–water partition coefficient (Wildman–Crippen LogP) is 2.47. The predicted molar refractivity (Wildman–Crippen MR) is 90.8 cm³/mol. The molecule has 1 rings (SSSR count). The minimum absolute atomic E-state index is 0.0408. The van der Waals surface area contributed by atoms with Crippen LogP contribution >= 0.6 is 0 Å². The molecule has 0 heterocycles. The number of carbonyl (C=O) groups excluding carboxylic acids is 1. The Labute approximate surface area is 134 Å². The molecule has 0 fully saturated rings. The van der Waals surface area contributed by atoms with Crippen LogP contribution in [0.5, 0.6) is 0 Å². The summed E-state index contributed by atoms with van der Waals surface area (Å²) >= 11 is 0. The lowest BCUT2D eigenvalue weighted by molar-refractivity contribution is -0.120. The standard InChI is InChI=1S/C17H27NO3S/c1-17(2,3)15-9-7-14(8-10-15)6-5-12-18-16(19)11-13-22(4,20)21/h7-10H,5-6,11-13H2,1-4H3,(H,18,19). The highest BCUT2D eigenvalue weighted by Gasteiger charge is 2.12. The van der Waals surface area contributed by atoms with Crippen LogP contribution in [0.3, 0.4) is 0 Å². The van der Waals surface area contributed by atoms with Gasteiger partial charge in [0, 0.05) is 19.2 Å². The Hall–Kier alpha value is -1.36. The SMILES string of the molecule is CC(C)(C)c1ccc(CCCNC(=O)CCS(C)(=O)=O)cc1. The summed E-state index contributed by atoms with van der Waals surface area (Å²) in [6, 6.07) is 8.57. The fourth-order valence-electron chi connectivity index (χ4n) is 2.06. The van der Waals surface area contributed by atoms with Gasteiger partial charge in [-0.2, -0.15) is 0 Å². The molecular weight excluding hydrogens is 298 g/mol. The fraction of sp³-hybridized carbons (Fsp3) is 0.588. The van der Waals surface area contributed by atoms with E-state index in [9.17, 15) is 13.2 Å². The van der Waals surface area contributed by atoms with Gasteiger partial charge in [0.05, 0.1) is 5.75 Å². The Kier molecular flexibility index (Phi) is 6.60. The van der Waals surface area contributed by atoms with Crippen molar-refractivity contribution < 1.29 is 13.2 Å². The van der Waals surface area contributed by atoms with E-state index in [1.54, 1.807) is 0 Å². The number of nitrogens with one attached hydrogen (secondary N) is 1. The summed E-state index contributed by atoms with van der Waals surface area (Å²) in [6.45, 7) is 7.14. The molecule has 0 atom stereocenters. The van der Waals surface area contributed by atoms with E-state index in [0.717, 1.165) is 19.1 Å². The third kappa shape index (κ3) is 7.59. The number of hydrogen-bond acceptors (Lipinski definition) is 3. The maximum atomic E-state index is 11.5. The molecule has 0 spiro atoms. The van der Waals surface area contributed by atoms with Gasteiger partial charge < -0.3 is 5.32 Å². The van der Waals surface area contributed by atoms with E-state index in [1.807, 2.05) is 0 Å². The van der Waals surface area contributed by atoms with E-state index in [4.69, 9.17) is 0 Å². The largest absolute Gasteiger partial charge is 0.356 e. The van der Waals surface area contributed by atoms with Gasteiger partial charge in [0.25, 0.3) is 0 Å². The van der Waals surface area contributed by atoms with Crippen molar-refractivity contribution in [2.75, 3.05) is 18.6 Å². The molecule has 22 heavy (non-hydrogen) atoms. The molecule has 1 aromatic carbocycles. The first-order chi connectivity index (χ1) is 10.1. The molecule has 4 nitrogen and oxygen atoms in total. The minimum Gasteiger partial charge on any atom is -0.356 e. The Morgan fingerprint density at radius 2 is 1.73 bits per heavy atom. The zero-order valence-corrected chi connectivity index (χ0v) is 14.8. The van der Waals surface area contributed by atoms with Gasteiger partial charge in [0.15, 0.2) is 0 Å². The molecule has 0 radical (unpaired) electrons. The Morgan fingerprint density at radius 3 is 2.23 bits per heavy atom. The first-order valence-corrected chi connectivity index (χ1v) is 9.68. The average molecular weight is 325 g/mol. The summed E-state index contributed by atoms with van der Waals surface area (Å²) in [4.78, 5) is 11.5. The Morgan fingerprint density at radius 1 is 1.14 bits per heavy atom. The molecule has 1 aromatic rings. The summed E-state index contributed by atoms with van der Waals surface area (Å²) in [5, 5.41) is 2.76. The van der Waals surface area contributed by atoms with E-state index in [1.165, 1.54) is 11.1 Å². The summed E-state index contributed by atoms with van der Waals surface area (Å²) in [6.07, 6.45) is 2.93. The number of rotatable bonds is 7. The third-order valence-electron chi connectivity index (χ3n) is 3.48. The molecule has 5 heteroatoms. The quantitative estimate of drug-likeness (QED) is 0.783. The molecule has 0 aliphatic heterocycles. The first-order valence-electron chi connectivity index (χ1n) is 7.62. The van der Waals surface area contributed by atoms with Gasteiger partial charge in [-0.25, -0.2) is 8.42 Å². The highest BCUT2D eigenvalue weighted by Crippen LogP contribution is 2.22. The van der Waals surface area contributed by atoms with Gasteiger partial charge in [-0.3, -0.25) is 4.79 Å². The van der Waals surface area contributed by atoms with Gasteiger partial charge in [0.1, 0.15) is 9.84 Å². The van der Waals surface area contributed by atoms with Crippen LogP contribution in [-0.4, -0.2) is 32.9 Å². The van der Waals surface area contributed by atoms with Crippen LogP contribution in [0.15, 0.2) is 24.3 Å². The summed E-state index contributed by atoms with van der Waals surface area (Å²) < 4.78 is 21.9. The first kappa shape index (κ1) is 18.7. The van der Waals surface area contributed by atoms with Crippen LogP contribution in [0, 0.1) is 0 Å². The van der Waals surface area contributed by atoms with Crippen molar-refractivity contribution in [1.29, 1.82) is 0 Å². The van der Waals surface area contributed by atoms with Crippen LogP contribution in [-0.2, 0) is 26.5 Å². The zero-order valence-electron chi connectivity index (χ0n) is 14.0. The van der Waals surface area contributed by atoms with E-state index in [2.05, 4.69) is 50.4 Å². The molecule has 0 aromatic heterocycles. The van der Waals surface area contributed by atoms with Crippen LogP contribution in [0.4, 0.5) is 0 Å². The van der Waals surface area contributed by atoms with Crippen molar-refractivity contribution in [3.05, 3.63) is 35.4 Å². The van der Waals surface area contributed by atoms with Crippen LogP contribution in [0.2, 0.25) is 0 Å². The summed E-state index contributed by atoms with van der Waals surface area (Å²) in [5.74, 6) is -0.291. The third-order valence-corrected chi connectivity index (χ3v) is 4.43. The zero-order chi connectivity index (χ0) is 16.8. The minimum atomic E-state index is -3.07. The lowest BCUT2D eigenvalue weighted by atomic mass is 9.86. The van der Waals surface area contributed by atoms with Crippen molar-refractivity contribution in [3.63, 3.8) is 0 Å². The number of hydrogen-bond donors (Lipinski definition) is 1. The van der Waals surface area contributed by atoms with Crippen LogP contribution in [0.1, 0.15) is 44.7 Å². The monoisotopic (exact) mass is 325 g/mol. The van der Waals surface area contributed by atoms with Crippen molar-refractivity contribution in [3.8, 4) is 0 Å². The van der Waals surface area contributed by atoms with Crippen molar-refractivity contribution in [1.82, 2.24) is 5.32 Å². The number of amides is 1. The maximum absolute atomic E-state index is 11.5. The van der Waals surface area contributed by atoms with Crippen molar-refractivity contribution in [2.24, 2.45) is 0 Å². The molecule has 0 bridgehead atoms. The number of sulfone groups is 1. The van der Waals surface area contributed by atoms with Gasteiger partial charge in [-0.15, -0.1) is 0 Å². The van der Waals surface area contributed by atoms with Crippen molar-refractivity contribution in [2.45, 2.75) is 45.4 Å². The normalized spacial score (nSPS) is 12.2. The molecule has 1 amide bonds. The summed E-state index contributed by atoms with van der Waals surface area (Å²) in [7, 11) is -3.07. The Bertz CT molecular complexity index is 583. The van der Waals surface area contributed by atoms with Gasteiger partial charge in [0.2, 0.25) is 5.91 Å². The van der Waals surface area contributed by atoms with E-state index in [-0.39, 0.29) is 23.5 Å². The van der Waals surface area contributed by atoms with Gasteiger partial charge >= 0.3 is 0 Å². The second-order valence-corrected chi connectivity index (χ2v) is 9.04. The van der Waals surface area contributed by atoms with E-state index >= 15 is 0 Å². The molecule has 0 saturated carbocycles. The van der Waals surface area contributed by atoms with Crippen molar-refractivity contribution >= 4 is 15.7 Å². The fourth-order valence-corrected chi connectivity index (χ4v) is 2.61. The summed E-state index contributed by atoms with van der Waals surface area (Å²) in [5.41, 5.74) is 2.72. The number of carbonyl (C=O) groups is 1. The second-order valence-electron chi connectivity index (χ2n) is 6.78. The van der Waals surface area contributed by atoms with E-state index < -0.39 is 9.84 Å². The molecule has 0 unspecified atom stereocenters. The van der Waals surface area contributed by atoms with Crippen LogP contribution in [0.25, 0.3) is 0 Å². The maximum Gasteiger partial charge on any atom is 0.221 e. The van der Waals surface area contributed by atoms with Crippen LogP contribution < -0.4 is 5.32 Å². The second kappa shape index (κ2) is 7.77. The molecule has 1 N–H and O–H groups in total. The molecule has 0 aliphatic carbocycles. The van der Waals surface area contributed by atoms with Gasteiger partial charge in [-0.05, 0) is 29.4 Å². The average Bonchev–Trinajstić information content (AvgIpc) is 2.40. The highest BCUT2D eigenvalue weighted by molar-refractivity contribution is 7.90. The molecule has 0 aliphatic rings.